The summed E-state index contributed by atoms with van der Waals surface area (Å²) in [5, 5.41) is 0. The maximum Gasteiger partial charge on any atom is 0.226 e. The van der Waals surface area contributed by atoms with Crippen molar-refractivity contribution in [1.29, 1.82) is 0 Å². The van der Waals surface area contributed by atoms with E-state index in [9.17, 15) is 13.6 Å². The van der Waals surface area contributed by atoms with Crippen LogP contribution in [0.3, 0.4) is 0 Å². The minimum Gasteiger partial charge on any atom is -0.342 e. The first-order valence-corrected chi connectivity index (χ1v) is 7.04. The molecule has 0 bridgehead atoms. The number of hydrogen-bond acceptors (Lipinski definition) is 2. The van der Waals surface area contributed by atoms with Crippen LogP contribution in [0.25, 0.3) is 0 Å². The van der Waals surface area contributed by atoms with E-state index in [-0.39, 0.29) is 30.2 Å². The molecule has 1 saturated heterocycles. The summed E-state index contributed by atoms with van der Waals surface area (Å²) in [7, 11) is 0. The summed E-state index contributed by atoms with van der Waals surface area (Å²) in [6.07, 6.45) is 1.55. The fourth-order valence-electron chi connectivity index (χ4n) is 3.08. The molecule has 1 heterocycles. The first-order valence-electron chi connectivity index (χ1n) is 7.04. The zero-order valence-corrected chi connectivity index (χ0v) is 12.4. The van der Waals surface area contributed by atoms with E-state index < -0.39 is 11.6 Å². The number of nitrogens with two attached hydrogens (primary N) is 1. The van der Waals surface area contributed by atoms with Gasteiger partial charge in [0.2, 0.25) is 5.91 Å². The molecule has 3 rings (SSSR count). The maximum absolute atomic E-state index is 13.7. The lowest BCUT2D eigenvalue weighted by molar-refractivity contribution is -0.131. The van der Waals surface area contributed by atoms with Gasteiger partial charge in [-0.2, -0.15) is 0 Å². The van der Waals surface area contributed by atoms with E-state index in [1.54, 1.807) is 6.07 Å². The van der Waals surface area contributed by atoms with Crippen LogP contribution in [0.5, 0.6) is 0 Å². The standard InChI is InChI=1S/C15H18F2N2O.ClH/c16-13-3-1-2-10(14(13)17)11-6-12(11)15(20)19-5-4-9(7-18)8-19;/h1-3,9,11-12H,4-8,18H2;1H. The van der Waals surface area contributed by atoms with Gasteiger partial charge in [0.25, 0.3) is 0 Å². The molecule has 1 aromatic carbocycles. The van der Waals surface area contributed by atoms with Gasteiger partial charge < -0.3 is 10.6 Å². The largest absolute Gasteiger partial charge is 0.342 e. The Balaban J connectivity index is 0.00000161. The van der Waals surface area contributed by atoms with Gasteiger partial charge in [0.1, 0.15) is 0 Å². The van der Waals surface area contributed by atoms with Crippen molar-refractivity contribution >= 4 is 18.3 Å². The number of likely N-dealkylation sites (tertiary alicyclic amines) is 1. The van der Waals surface area contributed by atoms with Crippen LogP contribution in [0, 0.1) is 23.5 Å². The number of benzene rings is 1. The monoisotopic (exact) mass is 316 g/mol. The maximum atomic E-state index is 13.7. The van der Waals surface area contributed by atoms with Crippen LogP contribution in [0.1, 0.15) is 24.3 Å². The summed E-state index contributed by atoms with van der Waals surface area (Å²) in [6.45, 7) is 2.02. The summed E-state index contributed by atoms with van der Waals surface area (Å²) < 4.78 is 26.9. The first-order chi connectivity index (χ1) is 9.61. The van der Waals surface area contributed by atoms with Crippen molar-refractivity contribution in [3.63, 3.8) is 0 Å². The third kappa shape index (κ3) is 3.04. The molecule has 1 aliphatic heterocycles. The van der Waals surface area contributed by atoms with Crippen LogP contribution in [-0.4, -0.2) is 30.4 Å². The van der Waals surface area contributed by atoms with Crippen molar-refractivity contribution in [1.82, 2.24) is 4.90 Å². The Bertz CT molecular complexity index is 540. The zero-order chi connectivity index (χ0) is 14.3. The molecule has 0 aromatic heterocycles. The van der Waals surface area contributed by atoms with Gasteiger partial charge in [-0.1, -0.05) is 12.1 Å². The molecule has 1 amide bonds. The first kappa shape index (κ1) is 16.2. The highest BCUT2D eigenvalue weighted by molar-refractivity contribution is 5.85. The zero-order valence-electron chi connectivity index (χ0n) is 11.6. The lowest BCUT2D eigenvalue weighted by Crippen LogP contribution is -2.31. The van der Waals surface area contributed by atoms with Gasteiger partial charge in [-0.05, 0) is 42.9 Å². The molecule has 2 aliphatic rings. The summed E-state index contributed by atoms with van der Waals surface area (Å²) in [6, 6.07) is 4.17. The Kier molecular flexibility index (Phi) is 4.84. The quantitative estimate of drug-likeness (QED) is 0.930. The van der Waals surface area contributed by atoms with Gasteiger partial charge in [0.15, 0.2) is 11.6 Å². The predicted molar refractivity (Wildman–Crippen MR) is 78.2 cm³/mol. The number of hydrogen-bond donors (Lipinski definition) is 1. The summed E-state index contributed by atoms with van der Waals surface area (Å²) in [4.78, 5) is 14.1. The van der Waals surface area contributed by atoms with Crippen LogP contribution in [0.2, 0.25) is 0 Å². The van der Waals surface area contributed by atoms with E-state index in [0.29, 0.717) is 31.0 Å². The third-order valence-corrected chi connectivity index (χ3v) is 4.42. The van der Waals surface area contributed by atoms with Crippen molar-refractivity contribution in [3.05, 3.63) is 35.4 Å². The molecular formula is C15H19ClF2N2O. The van der Waals surface area contributed by atoms with Crippen molar-refractivity contribution in [2.24, 2.45) is 17.6 Å². The van der Waals surface area contributed by atoms with Crippen LogP contribution < -0.4 is 5.73 Å². The molecular weight excluding hydrogens is 298 g/mol. The second-order valence-corrected chi connectivity index (χ2v) is 5.77. The third-order valence-electron chi connectivity index (χ3n) is 4.42. The Morgan fingerprint density at radius 1 is 1.38 bits per heavy atom. The van der Waals surface area contributed by atoms with Gasteiger partial charge >= 0.3 is 0 Å². The van der Waals surface area contributed by atoms with E-state index in [2.05, 4.69) is 0 Å². The number of amides is 1. The number of carbonyl (C=O) groups excluding carboxylic acids is 1. The second kappa shape index (κ2) is 6.28. The molecule has 1 aromatic rings. The molecule has 3 unspecified atom stereocenters. The topological polar surface area (TPSA) is 46.3 Å². The molecule has 3 atom stereocenters. The lowest BCUT2D eigenvalue weighted by atomic mass is 10.1. The van der Waals surface area contributed by atoms with Crippen molar-refractivity contribution < 1.29 is 13.6 Å². The van der Waals surface area contributed by atoms with Gasteiger partial charge in [0, 0.05) is 19.0 Å². The summed E-state index contributed by atoms with van der Waals surface area (Å²) in [5.41, 5.74) is 5.94. The highest BCUT2D eigenvalue weighted by atomic mass is 35.5. The number of rotatable bonds is 3. The van der Waals surface area contributed by atoms with E-state index in [1.165, 1.54) is 6.07 Å². The lowest BCUT2D eigenvalue weighted by Gasteiger charge is -2.16. The Hall–Kier alpha value is -1.20. The highest BCUT2D eigenvalue weighted by Crippen LogP contribution is 2.49. The van der Waals surface area contributed by atoms with Gasteiger partial charge in [-0.15, -0.1) is 12.4 Å². The fraction of sp³-hybridized carbons (Fsp3) is 0.533. The Labute approximate surface area is 128 Å². The molecule has 0 radical (unpaired) electrons. The molecule has 6 heteroatoms. The Morgan fingerprint density at radius 3 is 2.81 bits per heavy atom. The molecule has 2 fully saturated rings. The number of carbonyl (C=O) groups is 1. The number of halogens is 3. The van der Waals surface area contributed by atoms with Crippen LogP contribution in [-0.2, 0) is 4.79 Å². The number of nitrogens with zero attached hydrogens (tertiary/aromatic N) is 1. The average Bonchev–Trinajstić information content (AvgIpc) is 3.09. The molecule has 2 N–H and O–H groups in total. The molecule has 0 spiro atoms. The van der Waals surface area contributed by atoms with Gasteiger partial charge in [-0.3, -0.25) is 4.79 Å². The van der Waals surface area contributed by atoms with E-state index >= 15 is 0 Å². The average molecular weight is 317 g/mol. The van der Waals surface area contributed by atoms with Gasteiger partial charge in [0.05, 0.1) is 0 Å². The Morgan fingerprint density at radius 2 is 2.14 bits per heavy atom. The highest BCUT2D eigenvalue weighted by Gasteiger charge is 2.48. The summed E-state index contributed by atoms with van der Waals surface area (Å²) >= 11 is 0. The normalized spacial score (nSPS) is 27.4. The van der Waals surface area contributed by atoms with Crippen LogP contribution >= 0.6 is 12.4 Å². The van der Waals surface area contributed by atoms with Crippen LogP contribution in [0.4, 0.5) is 8.78 Å². The van der Waals surface area contributed by atoms with Gasteiger partial charge in [-0.25, -0.2) is 8.78 Å². The smallest absolute Gasteiger partial charge is 0.226 e. The van der Waals surface area contributed by atoms with E-state index in [0.717, 1.165) is 19.0 Å². The van der Waals surface area contributed by atoms with E-state index in [1.807, 2.05) is 4.90 Å². The molecule has 3 nitrogen and oxygen atoms in total. The predicted octanol–water partition coefficient (Wildman–Crippen LogP) is 2.30. The second-order valence-electron chi connectivity index (χ2n) is 5.77. The van der Waals surface area contributed by atoms with Crippen molar-refractivity contribution in [3.8, 4) is 0 Å². The van der Waals surface area contributed by atoms with Crippen molar-refractivity contribution in [2.45, 2.75) is 18.8 Å². The summed E-state index contributed by atoms with van der Waals surface area (Å²) in [5.74, 6) is -1.58. The molecule has 1 saturated carbocycles. The van der Waals surface area contributed by atoms with Crippen LogP contribution in [0.15, 0.2) is 18.2 Å². The van der Waals surface area contributed by atoms with E-state index in [4.69, 9.17) is 5.73 Å². The molecule has 1 aliphatic carbocycles. The van der Waals surface area contributed by atoms with Crippen molar-refractivity contribution in [2.75, 3.05) is 19.6 Å². The minimum atomic E-state index is -0.843. The molecule has 21 heavy (non-hydrogen) atoms. The fourth-order valence-corrected chi connectivity index (χ4v) is 3.08. The SMILES string of the molecule is Cl.NCC1CCN(C(=O)C2CC2c2cccc(F)c2F)C1. The minimum absolute atomic E-state index is 0. The molecule has 116 valence electrons.